The molecule has 0 saturated heterocycles. The van der Waals surface area contributed by atoms with Crippen molar-refractivity contribution >= 4 is 11.6 Å². The predicted octanol–water partition coefficient (Wildman–Crippen LogP) is 2.16. The van der Waals surface area contributed by atoms with Gasteiger partial charge in [0.1, 0.15) is 0 Å². The van der Waals surface area contributed by atoms with Crippen LogP contribution in [0.4, 0.5) is 0 Å². The van der Waals surface area contributed by atoms with Crippen molar-refractivity contribution in [2.45, 2.75) is 26.4 Å². The summed E-state index contributed by atoms with van der Waals surface area (Å²) in [6.07, 6.45) is 6.17. The lowest BCUT2D eigenvalue weighted by molar-refractivity contribution is 0.621. The highest BCUT2D eigenvalue weighted by Gasteiger charge is 2.04. The Labute approximate surface area is 104 Å². The molecule has 2 rings (SSSR count). The number of aromatic nitrogens is 3. The van der Waals surface area contributed by atoms with E-state index in [-0.39, 0.29) is 5.69 Å². The van der Waals surface area contributed by atoms with Gasteiger partial charge in [-0.2, -0.15) is 0 Å². The Morgan fingerprint density at radius 2 is 2.12 bits per heavy atom. The molecule has 0 fully saturated rings. The molecule has 0 unspecified atom stereocenters. The second kappa shape index (κ2) is 5.19. The Morgan fingerprint density at radius 1 is 1.35 bits per heavy atom. The lowest BCUT2D eigenvalue weighted by atomic mass is 10.3. The number of hydrogen-bond acceptors (Lipinski definition) is 2. The van der Waals surface area contributed by atoms with Crippen molar-refractivity contribution in [1.82, 2.24) is 14.1 Å². The predicted molar refractivity (Wildman–Crippen MR) is 67.3 cm³/mol. The van der Waals surface area contributed by atoms with Gasteiger partial charge in [-0.05, 0) is 18.6 Å². The maximum Gasteiger partial charge on any atom is 0.328 e. The van der Waals surface area contributed by atoms with Crippen LogP contribution in [0, 0.1) is 0 Å². The molecule has 2 aromatic rings. The smallest absolute Gasteiger partial charge is 0.299 e. The van der Waals surface area contributed by atoms with Crippen LogP contribution in [-0.2, 0) is 13.1 Å². The van der Waals surface area contributed by atoms with Gasteiger partial charge in [-0.3, -0.25) is 14.1 Å². The Hall–Kier alpha value is -1.55. The first kappa shape index (κ1) is 11.9. The molecule has 0 aromatic carbocycles. The highest BCUT2D eigenvalue weighted by Crippen LogP contribution is 2.08. The third-order valence-corrected chi connectivity index (χ3v) is 2.73. The second-order valence-electron chi connectivity index (χ2n) is 3.87. The second-order valence-corrected chi connectivity index (χ2v) is 4.30. The van der Waals surface area contributed by atoms with Gasteiger partial charge in [0.2, 0.25) is 0 Å². The fraction of sp³-hybridized carbons (Fsp3) is 0.333. The van der Waals surface area contributed by atoms with E-state index in [1.807, 2.05) is 6.92 Å². The summed E-state index contributed by atoms with van der Waals surface area (Å²) >= 11 is 5.87. The van der Waals surface area contributed by atoms with Crippen molar-refractivity contribution in [3.63, 3.8) is 0 Å². The summed E-state index contributed by atoms with van der Waals surface area (Å²) in [6, 6.07) is 3.49. The fourth-order valence-corrected chi connectivity index (χ4v) is 1.88. The first-order valence-corrected chi connectivity index (χ1v) is 5.94. The van der Waals surface area contributed by atoms with E-state index in [4.69, 9.17) is 11.6 Å². The van der Waals surface area contributed by atoms with Crippen molar-refractivity contribution in [2.75, 3.05) is 0 Å². The van der Waals surface area contributed by atoms with Gasteiger partial charge in [0, 0.05) is 30.2 Å². The van der Waals surface area contributed by atoms with Gasteiger partial charge < -0.3 is 0 Å². The van der Waals surface area contributed by atoms with E-state index in [1.54, 1.807) is 39.9 Å². The molecule has 0 saturated carbocycles. The molecular formula is C12H14ClN3O. The quantitative estimate of drug-likeness (QED) is 0.835. The molecule has 0 bridgehead atoms. The summed E-state index contributed by atoms with van der Waals surface area (Å²) in [5.41, 5.74) is 0.780. The number of halogens is 1. The average molecular weight is 252 g/mol. The third-order valence-electron chi connectivity index (χ3n) is 2.49. The van der Waals surface area contributed by atoms with Crippen LogP contribution in [0.5, 0.6) is 0 Å². The van der Waals surface area contributed by atoms with E-state index < -0.39 is 0 Å². The van der Waals surface area contributed by atoms with Crippen molar-refractivity contribution < 1.29 is 0 Å². The Balaban J connectivity index is 2.22. The van der Waals surface area contributed by atoms with Gasteiger partial charge in [0.15, 0.2) is 0 Å². The zero-order valence-corrected chi connectivity index (χ0v) is 10.4. The van der Waals surface area contributed by atoms with Gasteiger partial charge in [-0.1, -0.05) is 18.5 Å². The van der Waals surface area contributed by atoms with E-state index in [2.05, 4.69) is 4.98 Å². The molecule has 2 heterocycles. The molecule has 0 radical (unpaired) electrons. The number of imidazole rings is 1. The molecule has 90 valence electrons. The molecule has 0 aliphatic heterocycles. The number of nitrogens with zero attached hydrogens (tertiary/aromatic N) is 3. The minimum Gasteiger partial charge on any atom is -0.299 e. The number of aryl methyl sites for hydroxylation is 1. The van der Waals surface area contributed by atoms with E-state index >= 15 is 0 Å². The standard InChI is InChI=1S/C12H14ClN3O/c1-2-5-15-6-7-16(12(15)17)9-11-8-10(13)3-4-14-11/h3-4,6-8H,2,5,9H2,1H3. The van der Waals surface area contributed by atoms with E-state index in [0.29, 0.717) is 11.6 Å². The van der Waals surface area contributed by atoms with Crippen LogP contribution in [0.3, 0.4) is 0 Å². The van der Waals surface area contributed by atoms with Crippen LogP contribution < -0.4 is 5.69 Å². The molecule has 0 atom stereocenters. The SMILES string of the molecule is CCCn1ccn(Cc2cc(Cl)ccn2)c1=O. The zero-order valence-electron chi connectivity index (χ0n) is 9.64. The van der Waals surface area contributed by atoms with Gasteiger partial charge in [0.05, 0.1) is 12.2 Å². The lowest BCUT2D eigenvalue weighted by Gasteiger charge is -2.01. The van der Waals surface area contributed by atoms with Gasteiger partial charge in [-0.15, -0.1) is 0 Å². The summed E-state index contributed by atoms with van der Waals surface area (Å²) in [5, 5.41) is 0.635. The number of rotatable bonds is 4. The Kier molecular flexibility index (Phi) is 3.64. The third kappa shape index (κ3) is 2.77. The summed E-state index contributed by atoms with van der Waals surface area (Å²) in [4.78, 5) is 16.1. The van der Waals surface area contributed by atoms with Crippen LogP contribution in [0.25, 0.3) is 0 Å². The molecule has 17 heavy (non-hydrogen) atoms. The number of pyridine rings is 1. The highest BCUT2D eigenvalue weighted by atomic mass is 35.5. The molecule has 2 aromatic heterocycles. The first-order chi connectivity index (χ1) is 8.20. The van der Waals surface area contributed by atoms with E-state index in [0.717, 1.165) is 18.7 Å². The van der Waals surface area contributed by atoms with Gasteiger partial charge >= 0.3 is 5.69 Å². The van der Waals surface area contributed by atoms with Crippen LogP contribution >= 0.6 is 11.6 Å². The Morgan fingerprint density at radius 3 is 2.82 bits per heavy atom. The normalized spacial score (nSPS) is 10.7. The van der Waals surface area contributed by atoms with Crippen molar-refractivity contribution in [3.05, 3.63) is 51.9 Å². The number of hydrogen-bond donors (Lipinski definition) is 0. The van der Waals surface area contributed by atoms with Crippen molar-refractivity contribution in [2.24, 2.45) is 0 Å². The monoisotopic (exact) mass is 251 g/mol. The highest BCUT2D eigenvalue weighted by molar-refractivity contribution is 6.30. The summed E-state index contributed by atoms with van der Waals surface area (Å²) in [7, 11) is 0. The summed E-state index contributed by atoms with van der Waals surface area (Å²) in [5.74, 6) is 0. The topological polar surface area (TPSA) is 39.8 Å². The first-order valence-electron chi connectivity index (χ1n) is 5.56. The molecule has 0 aliphatic rings. The van der Waals surface area contributed by atoms with Crippen LogP contribution in [0.15, 0.2) is 35.5 Å². The molecule has 0 spiro atoms. The molecule has 5 heteroatoms. The fourth-order valence-electron chi connectivity index (χ4n) is 1.69. The summed E-state index contributed by atoms with van der Waals surface area (Å²) < 4.78 is 3.33. The van der Waals surface area contributed by atoms with Crippen LogP contribution in [0.2, 0.25) is 5.02 Å². The molecule has 0 aliphatic carbocycles. The maximum absolute atomic E-state index is 11.9. The van der Waals surface area contributed by atoms with Crippen LogP contribution in [0.1, 0.15) is 19.0 Å². The van der Waals surface area contributed by atoms with Crippen molar-refractivity contribution in [3.8, 4) is 0 Å². The summed E-state index contributed by atoms with van der Waals surface area (Å²) in [6.45, 7) is 3.24. The Bertz CT molecular complexity index is 559. The molecule has 0 amide bonds. The largest absolute Gasteiger partial charge is 0.328 e. The van der Waals surface area contributed by atoms with Crippen LogP contribution in [-0.4, -0.2) is 14.1 Å². The zero-order chi connectivity index (χ0) is 12.3. The van der Waals surface area contributed by atoms with Crippen molar-refractivity contribution in [1.29, 1.82) is 0 Å². The molecule has 0 N–H and O–H groups in total. The average Bonchev–Trinajstić information content (AvgIpc) is 2.62. The van der Waals surface area contributed by atoms with Gasteiger partial charge in [0.25, 0.3) is 0 Å². The minimum atomic E-state index is -0.00590. The molecular weight excluding hydrogens is 238 g/mol. The van der Waals surface area contributed by atoms with E-state index in [1.165, 1.54) is 0 Å². The minimum absolute atomic E-state index is 0.00590. The van der Waals surface area contributed by atoms with E-state index in [9.17, 15) is 4.79 Å². The maximum atomic E-state index is 11.9. The molecule has 4 nitrogen and oxygen atoms in total. The van der Waals surface area contributed by atoms with Gasteiger partial charge in [-0.25, -0.2) is 4.79 Å². The lowest BCUT2D eigenvalue weighted by Crippen LogP contribution is -2.24.